The molecule has 0 radical (unpaired) electrons. The molecule has 1 aliphatic carbocycles. The van der Waals surface area contributed by atoms with E-state index in [2.05, 4.69) is 15.6 Å². The number of rotatable bonds is 5. The van der Waals surface area contributed by atoms with Crippen molar-refractivity contribution in [3.05, 3.63) is 24.0 Å². The number of pyridine rings is 1. The fourth-order valence-electron chi connectivity index (χ4n) is 3.04. The second kappa shape index (κ2) is 8.06. The van der Waals surface area contributed by atoms with Crippen LogP contribution in [-0.4, -0.2) is 29.4 Å². The number of nitrogens with zero attached hydrogens (tertiary/aromatic N) is 1. The van der Waals surface area contributed by atoms with Crippen LogP contribution in [0.1, 0.15) is 50.0 Å². The average Bonchev–Trinajstić information content (AvgIpc) is 2.55. The van der Waals surface area contributed by atoms with Gasteiger partial charge in [0, 0.05) is 30.4 Å². The maximum atomic E-state index is 12.4. The van der Waals surface area contributed by atoms with Crippen LogP contribution in [0.25, 0.3) is 0 Å². The molecule has 1 aromatic heterocycles. The second-order valence-electron chi connectivity index (χ2n) is 6.25. The number of carbonyl (C=O) groups excluding carboxylic acids is 2. The van der Waals surface area contributed by atoms with Crippen molar-refractivity contribution in [1.29, 1.82) is 0 Å². The number of hydrogen-bond acceptors (Lipinski definition) is 4. The maximum absolute atomic E-state index is 12.4. The predicted octanol–water partition coefficient (Wildman–Crippen LogP) is 1.92. The van der Waals surface area contributed by atoms with Crippen LogP contribution < -0.4 is 16.4 Å². The molecule has 1 saturated carbocycles. The summed E-state index contributed by atoms with van der Waals surface area (Å²) in [5.74, 6) is 0.317. The van der Waals surface area contributed by atoms with Crippen LogP contribution >= 0.6 is 0 Å². The Hall–Kier alpha value is -1.95. The van der Waals surface area contributed by atoms with Crippen LogP contribution in [0.15, 0.2) is 18.3 Å². The molecule has 2 amide bonds. The first-order valence-electron chi connectivity index (χ1n) is 8.32. The lowest BCUT2D eigenvalue weighted by Crippen LogP contribution is -2.33. The summed E-state index contributed by atoms with van der Waals surface area (Å²) in [4.78, 5) is 28.2. The number of hydrogen-bond donors (Lipinski definition) is 3. The smallest absolute Gasteiger partial charge is 0.269 e. The molecule has 0 bridgehead atoms. The molecule has 1 fully saturated rings. The van der Waals surface area contributed by atoms with Gasteiger partial charge in [-0.3, -0.25) is 14.6 Å². The largest absolute Gasteiger partial charge is 0.351 e. The lowest BCUT2D eigenvalue weighted by molar-refractivity contribution is -0.121. The van der Waals surface area contributed by atoms with Gasteiger partial charge in [-0.1, -0.05) is 0 Å². The van der Waals surface area contributed by atoms with E-state index in [0.717, 1.165) is 25.7 Å². The molecule has 1 aliphatic rings. The van der Waals surface area contributed by atoms with Gasteiger partial charge in [0.25, 0.3) is 5.91 Å². The van der Waals surface area contributed by atoms with Gasteiger partial charge in [-0.15, -0.1) is 0 Å². The van der Waals surface area contributed by atoms with E-state index < -0.39 is 0 Å². The van der Waals surface area contributed by atoms with E-state index in [0.29, 0.717) is 23.8 Å². The minimum Gasteiger partial charge on any atom is -0.351 e. The Morgan fingerprint density at radius 2 is 2.04 bits per heavy atom. The van der Waals surface area contributed by atoms with Crippen molar-refractivity contribution in [3.63, 3.8) is 0 Å². The van der Waals surface area contributed by atoms with E-state index >= 15 is 0 Å². The van der Waals surface area contributed by atoms with E-state index in [1.165, 1.54) is 6.20 Å². The van der Waals surface area contributed by atoms with Crippen LogP contribution in [-0.2, 0) is 4.79 Å². The van der Waals surface area contributed by atoms with Crippen molar-refractivity contribution in [2.24, 2.45) is 17.6 Å². The Kier molecular flexibility index (Phi) is 6.10. The molecule has 2 rings (SSSR count). The van der Waals surface area contributed by atoms with Gasteiger partial charge in [-0.05, 0) is 57.6 Å². The van der Waals surface area contributed by atoms with E-state index in [1.807, 2.05) is 13.8 Å². The molecule has 6 heteroatoms. The third kappa shape index (κ3) is 4.76. The summed E-state index contributed by atoms with van der Waals surface area (Å²) in [5, 5.41) is 5.60. The first kappa shape index (κ1) is 17.4. The van der Waals surface area contributed by atoms with Gasteiger partial charge in [-0.2, -0.15) is 0 Å². The molecule has 1 unspecified atom stereocenters. The average molecular weight is 318 g/mol. The zero-order valence-electron chi connectivity index (χ0n) is 13.8. The van der Waals surface area contributed by atoms with Crippen LogP contribution in [0.4, 0.5) is 5.69 Å². The number of carbonyl (C=O) groups is 2. The molecule has 23 heavy (non-hydrogen) atoms. The molecule has 0 spiro atoms. The van der Waals surface area contributed by atoms with Crippen LogP contribution in [0.2, 0.25) is 0 Å². The summed E-state index contributed by atoms with van der Waals surface area (Å²) in [6.45, 7) is 4.42. The highest BCUT2D eigenvalue weighted by molar-refractivity contribution is 5.96. The number of amides is 2. The third-order valence-corrected chi connectivity index (χ3v) is 4.48. The highest BCUT2D eigenvalue weighted by Gasteiger charge is 2.28. The fourth-order valence-corrected chi connectivity index (χ4v) is 3.04. The Morgan fingerprint density at radius 1 is 1.35 bits per heavy atom. The minimum atomic E-state index is -0.235. The lowest BCUT2D eigenvalue weighted by Gasteiger charge is -2.29. The van der Waals surface area contributed by atoms with Gasteiger partial charge in [0.05, 0.1) is 0 Å². The molecule has 1 aromatic rings. The third-order valence-electron chi connectivity index (χ3n) is 4.48. The Labute approximate surface area is 137 Å². The summed E-state index contributed by atoms with van der Waals surface area (Å²) >= 11 is 0. The molecule has 1 heterocycles. The summed E-state index contributed by atoms with van der Waals surface area (Å²) in [6, 6.07) is 3.50. The number of nitrogens with two attached hydrogens (primary N) is 1. The zero-order chi connectivity index (χ0) is 16.8. The van der Waals surface area contributed by atoms with Crippen LogP contribution in [0.5, 0.6) is 0 Å². The van der Waals surface area contributed by atoms with E-state index in [1.54, 1.807) is 12.1 Å². The molecule has 6 nitrogen and oxygen atoms in total. The zero-order valence-corrected chi connectivity index (χ0v) is 13.8. The molecule has 0 saturated heterocycles. The monoisotopic (exact) mass is 318 g/mol. The fraction of sp³-hybridized carbons (Fsp3) is 0.588. The SMILES string of the molecule is CCNC(=O)c1cc(NC(=O)[C@H]2CC[C@H](C(C)N)CC2)ccn1. The second-order valence-corrected chi connectivity index (χ2v) is 6.25. The highest BCUT2D eigenvalue weighted by Crippen LogP contribution is 2.31. The molecular formula is C17H26N4O2. The van der Waals surface area contributed by atoms with Crippen LogP contribution in [0.3, 0.4) is 0 Å². The molecule has 0 aromatic carbocycles. The van der Waals surface area contributed by atoms with Crippen LogP contribution in [0, 0.1) is 11.8 Å². The minimum absolute atomic E-state index is 0.0150. The standard InChI is InChI=1S/C17H26N4O2/c1-3-19-17(23)15-10-14(8-9-20-15)21-16(22)13-6-4-12(5-7-13)11(2)18/h8-13H,3-7,18H2,1-2H3,(H,19,23)(H,20,21,22)/t11?,12-,13-. The van der Waals surface area contributed by atoms with E-state index in [-0.39, 0.29) is 23.8 Å². The normalized spacial score (nSPS) is 22.2. The van der Waals surface area contributed by atoms with Crippen molar-refractivity contribution in [3.8, 4) is 0 Å². The molecule has 4 N–H and O–H groups in total. The number of nitrogens with one attached hydrogen (secondary N) is 2. The van der Waals surface area contributed by atoms with Gasteiger partial charge < -0.3 is 16.4 Å². The highest BCUT2D eigenvalue weighted by atomic mass is 16.2. The topological polar surface area (TPSA) is 97.1 Å². The molecule has 1 atom stereocenters. The summed E-state index contributed by atoms with van der Waals surface area (Å²) in [6.07, 6.45) is 5.26. The lowest BCUT2D eigenvalue weighted by atomic mass is 9.79. The quantitative estimate of drug-likeness (QED) is 0.772. The Balaban J connectivity index is 1.93. The van der Waals surface area contributed by atoms with Gasteiger partial charge in [-0.25, -0.2) is 0 Å². The number of anilines is 1. The van der Waals surface area contributed by atoms with Gasteiger partial charge in [0.2, 0.25) is 5.91 Å². The summed E-state index contributed by atoms with van der Waals surface area (Å²) in [7, 11) is 0. The van der Waals surface area contributed by atoms with Crippen molar-refractivity contribution in [2.75, 3.05) is 11.9 Å². The predicted molar refractivity (Wildman–Crippen MR) is 90.0 cm³/mol. The number of aromatic nitrogens is 1. The van der Waals surface area contributed by atoms with Crippen molar-refractivity contribution in [1.82, 2.24) is 10.3 Å². The van der Waals surface area contributed by atoms with Crippen molar-refractivity contribution >= 4 is 17.5 Å². The Morgan fingerprint density at radius 3 is 2.65 bits per heavy atom. The maximum Gasteiger partial charge on any atom is 0.269 e. The molecule has 126 valence electrons. The van der Waals surface area contributed by atoms with E-state index in [4.69, 9.17) is 5.73 Å². The van der Waals surface area contributed by atoms with E-state index in [9.17, 15) is 9.59 Å². The Bertz CT molecular complexity index is 551. The van der Waals surface area contributed by atoms with Gasteiger partial charge in [0.1, 0.15) is 5.69 Å². The summed E-state index contributed by atoms with van der Waals surface area (Å²) in [5.41, 5.74) is 6.86. The molecule has 0 aliphatic heterocycles. The van der Waals surface area contributed by atoms with Crippen molar-refractivity contribution in [2.45, 2.75) is 45.6 Å². The first-order valence-corrected chi connectivity index (χ1v) is 8.32. The first-order chi connectivity index (χ1) is 11.0. The van der Waals surface area contributed by atoms with Crippen molar-refractivity contribution < 1.29 is 9.59 Å². The van der Waals surface area contributed by atoms with Gasteiger partial charge in [0.15, 0.2) is 0 Å². The molecular weight excluding hydrogens is 292 g/mol. The van der Waals surface area contributed by atoms with Gasteiger partial charge >= 0.3 is 0 Å². The summed E-state index contributed by atoms with van der Waals surface area (Å²) < 4.78 is 0.